The first kappa shape index (κ1) is 28.7. The van der Waals surface area contributed by atoms with E-state index in [0.717, 1.165) is 11.3 Å². The van der Waals surface area contributed by atoms with E-state index < -0.39 is 16.1 Å². The molecule has 0 saturated heterocycles. The molecule has 0 aliphatic carbocycles. The number of anilines is 1. The van der Waals surface area contributed by atoms with E-state index in [1.54, 1.807) is 42.5 Å². The molecule has 3 rings (SSSR count). The van der Waals surface area contributed by atoms with Gasteiger partial charge in [-0.1, -0.05) is 23.7 Å². The number of carbonyl (C=O) groups excluding carboxylic acids is 1. The normalized spacial score (nSPS) is 11.4. The number of carbonyl (C=O) groups is 1. The van der Waals surface area contributed by atoms with Crippen molar-refractivity contribution in [2.24, 2.45) is 10.2 Å². The van der Waals surface area contributed by atoms with Crippen LogP contribution in [-0.2, 0) is 19.6 Å². The molecule has 8 nitrogen and oxygen atoms in total. The number of hydrogen-bond donors (Lipinski definition) is 0. The Morgan fingerprint density at radius 3 is 2.06 bits per heavy atom. The van der Waals surface area contributed by atoms with Crippen molar-refractivity contribution in [1.82, 2.24) is 0 Å². The van der Waals surface area contributed by atoms with Gasteiger partial charge in [0.15, 0.2) is 0 Å². The van der Waals surface area contributed by atoms with Crippen LogP contribution in [0.4, 0.5) is 17.1 Å². The summed E-state index contributed by atoms with van der Waals surface area (Å²) in [5, 5.41) is 8.76. The first-order valence-corrected chi connectivity index (χ1v) is 11.9. The number of azo groups is 1. The molecule has 0 amide bonds. The second-order valence-corrected chi connectivity index (χ2v) is 8.95. The van der Waals surface area contributed by atoms with E-state index in [4.69, 9.17) is 16.3 Å². The van der Waals surface area contributed by atoms with Crippen LogP contribution >= 0.6 is 11.6 Å². The van der Waals surface area contributed by atoms with Gasteiger partial charge in [0.05, 0.1) is 22.8 Å². The Labute approximate surface area is 231 Å². The van der Waals surface area contributed by atoms with Gasteiger partial charge in [-0.05, 0) is 72.3 Å². The van der Waals surface area contributed by atoms with E-state index in [0.29, 0.717) is 22.9 Å². The Bertz CT molecular complexity index is 1280. The molecule has 35 heavy (non-hydrogen) atoms. The van der Waals surface area contributed by atoms with Gasteiger partial charge < -0.3 is 14.2 Å². The smallest absolute Gasteiger partial charge is 0.744 e. The van der Waals surface area contributed by atoms with Gasteiger partial charge >= 0.3 is 35.5 Å². The minimum atomic E-state index is -4.49. The maximum absolute atomic E-state index is 11.9. The molecular weight excluding hydrogens is 501 g/mol. The van der Waals surface area contributed by atoms with Gasteiger partial charge in [-0.3, -0.25) is 0 Å². The number of hydrogen-bond acceptors (Lipinski definition) is 8. The molecule has 0 atom stereocenters. The summed E-state index contributed by atoms with van der Waals surface area (Å²) in [5.41, 5.74) is 2.76. The van der Waals surface area contributed by atoms with E-state index in [9.17, 15) is 17.8 Å². The summed E-state index contributed by atoms with van der Waals surface area (Å²) in [6.07, 6.45) is 3.03. The van der Waals surface area contributed by atoms with Crippen molar-refractivity contribution < 1.29 is 52.1 Å². The monoisotopic (exact) mass is 521 g/mol. The van der Waals surface area contributed by atoms with Crippen molar-refractivity contribution in [2.45, 2.75) is 4.90 Å². The molecule has 176 valence electrons. The summed E-state index contributed by atoms with van der Waals surface area (Å²) in [5.74, 6) is -0.431. The topological polar surface area (TPSA) is 111 Å². The van der Waals surface area contributed by atoms with E-state index in [2.05, 4.69) is 10.2 Å². The molecule has 0 N–H and O–H groups in total. The molecule has 0 aliphatic rings. The Balaban J connectivity index is 0.00000432. The van der Waals surface area contributed by atoms with E-state index >= 15 is 0 Å². The third kappa shape index (κ3) is 9.56. The van der Waals surface area contributed by atoms with Crippen LogP contribution in [0.2, 0.25) is 5.02 Å². The van der Waals surface area contributed by atoms with Crippen LogP contribution in [0.5, 0.6) is 0 Å². The average Bonchev–Trinajstić information content (AvgIpc) is 2.82. The van der Waals surface area contributed by atoms with Crippen molar-refractivity contribution in [1.29, 1.82) is 0 Å². The van der Waals surface area contributed by atoms with Crippen LogP contribution in [0.1, 0.15) is 5.56 Å². The predicted octanol–water partition coefficient (Wildman–Crippen LogP) is 2.36. The zero-order valence-corrected chi connectivity index (χ0v) is 22.7. The fourth-order valence-corrected chi connectivity index (χ4v) is 3.36. The Kier molecular flexibility index (Phi) is 11.1. The number of rotatable bonds is 9. The molecule has 0 unspecified atom stereocenters. The summed E-state index contributed by atoms with van der Waals surface area (Å²) < 4.78 is 38.1. The first-order valence-electron chi connectivity index (χ1n) is 10.1. The maximum Gasteiger partial charge on any atom is 1.00 e. The molecule has 0 aromatic heterocycles. The molecule has 3 aromatic carbocycles. The quantitative estimate of drug-likeness (QED) is 0.140. The van der Waals surface area contributed by atoms with Crippen LogP contribution in [0.3, 0.4) is 0 Å². The Hall–Kier alpha value is -2.53. The number of ether oxygens (including phenoxy) is 1. The largest absolute Gasteiger partial charge is 1.00 e. The second-order valence-electron chi connectivity index (χ2n) is 7.14. The van der Waals surface area contributed by atoms with Gasteiger partial charge in [0.1, 0.15) is 16.7 Å². The first-order chi connectivity index (χ1) is 16.2. The van der Waals surface area contributed by atoms with E-state index in [1.807, 2.05) is 24.1 Å². The molecule has 0 bridgehead atoms. The third-order valence-electron chi connectivity index (χ3n) is 4.65. The van der Waals surface area contributed by atoms with Crippen molar-refractivity contribution >= 4 is 50.8 Å². The SMILES string of the molecule is CN(CCOC(=O)/C=C/c1ccc(Cl)cc1)c1ccc(/N=N/c2ccc(S(=O)(=O)[O-])cc2)cc1.[Na+]. The zero-order chi connectivity index (χ0) is 24.6. The zero-order valence-electron chi connectivity index (χ0n) is 19.2. The number of likely N-dealkylation sites (N-methyl/N-ethyl adjacent to an activating group) is 1. The average molecular weight is 522 g/mol. The summed E-state index contributed by atoms with van der Waals surface area (Å²) in [7, 11) is -2.61. The maximum atomic E-state index is 11.9. The summed E-state index contributed by atoms with van der Waals surface area (Å²) >= 11 is 5.83. The molecule has 0 heterocycles. The van der Waals surface area contributed by atoms with Crippen LogP contribution in [0, 0.1) is 0 Å². The standard InChI is InChI=1S/C24H22ClN3O5S.Na/c1-28(16-17-33-24(29)15-4-18-2-5-19(25)6-3-18)22-11-7-20(8-12-22)26-27-21-9-13-23(14-10-21)34(30,31)32;/h2-15H,16-17H2,1H3,(H,30,31,32);/q;+1/p-1/b15-4+,27-26+;. The molecule has 0 aliphatic heterocycles. The van der Waals surface area contributed by atoms with Gasteiger partial charge in [-0.25, -0.2) is 13.2 Å². The van der Waals surface area contributed by atoms with Crippen molar-refractivity contribution in [3.63, 3.8) is 0 Å². The van der Waals surface area contributed by atoms with Gasteiger partial charge in [-0.15, -0.1) is 0 Å². The van der Waals surface area contributed by atoms with Crippen LogP contribution in [0.25, 0.3) is 6.08 Å². The number of halogens is 1. The molecule has 3 aromatic rings. The summed E-state index contributed by atoms with van der Waals surface area (Å²) in [4.78, 5) is 13.5. The molecule has 11 heteroatoms. The number of nitrogens with zero attached hydrogens (tertiary/aromatic N) is 3. The molecule has 0 spiro atoms. The number of benzene rings is 3. The molecule has 0 saturated carbocycles. The van der Waals surface area contributed by atoms with Crippen LogP contribution in [-0.4, -0.2) is 39.1 Å². The van der Waals surface area contributed by atoms with Crippen molar-refractivity contribution in [3.8, 4) is 0 Å². The van der Waals surface area contributed by atoms with Gasteiger partial charge in [-0.2, -0.15) is 10.2 Å². The Morgan fingerprint density at radius 1 is 0.971 bits per heavy atom. The van der Waals surface area contributed by atoms with E-state index in [-0.39, 0.29) is 41.1 Å². The fourth-order valence-electron chi connectivity index (χ4n) is 2.77. The van der Waals surface area contributed by atoms with Crippen molar-refractivity contribution in [2.75, 3.05) is 25.1 Å². The number of esters is 1. The molecule has 0 radical (unpaired) electrons. The summed E-state index contributed by atoms with van der Waals surface area (Å²) in [6, 6.07) is 19.5. The van der Waals surface area contributed by atoms with Gasteiger partial charge in [0.25, 0.3) is 0 Å². The molecule has 0 fully saturated rings. The predicted molar refractivity (Wildman–Crippen MR) is 130 cm³/mol. The van der Waals surface area contributed by atoms with E-state index in [1.165, 1.54) is 30.3 Å². The minimum Gasteiger partial charge on any atom is -0.744 e. The van der Waals surface area contributed by atoms with Crippen LogP contribution < -0.4 is 34.5 Å². The van der Waals surface area contributed by atoms with Gasteiger partial charge in [0, 0.05) is 23.8 Å². The minimum absolute atomic E-state index is 0. The van der Waals surface area contributed by atoms with Crippen molar-refractivity contribution in [3.05, 3.63) is 89.5 Å². The van der Waals surface area contributed by atoms with Crippen LogP contribution in [0.15, 0.2) is 94.0 Å². The third-order valence-corrected chi connectivity index (χ3v) is 5.75. The molecular formula is C24H21ClN3NaO5S. The Morgan fingerprint density at radius 2 is 1.51 bits per heavy atom. The summed E-state index contributed by atoms with van der Waals surface area (Å²) in [6.45, 7) is 0.715. The second kappa shape index (κ2) is 13.5. The van der Waals surface area contributed by atoms with Gasteiger partial charge in [0.2, 0.25) is 0 Å². The fraction of sp³-hybridized carbons (Fsp3) is 0.125.